The molecule has 0 spiro atoms. The van der Waals surface area contributed by atoms with E-state index in [0.717, 1.165) is 0 Å². The number of ether oxygens (including phenoxy) is 2. The van der Waals surface area contributed by atoms with Crippen molar-refractivity contribution in [1.29, 1.82) is 0 Å². The lowest BCUT2D eigenvalue weighted by molar-refractivity contribution is 0.0586. The van der Waals surface area contributed by atoms with Gasteiger partial charge in [-0.2, -0.15) is 0 Å². The number of nitrogens with zero attached hydrogens (tertiary/aromatic N) is 2. The molecule has 0 saturated carbocycles. The molecular weight excluding hydrogens is 231 g/mol. The van der Waals surface area contributed by atoms with Gasteiger partial charge in [-0.25, -0.2) is 14.8 Å². The van der Waals surface area contributed by atoms with E-state index in [-0.39, 0.29) is 21.9 Å². The molecule has 5 nitrogen and oxygen atoms in total. The van der Waals surface area contributed by atoms with Gasteiger partial charge >= 0.3 is 5.97 Å². The molecule has 0 atom stereocenters. The van der Waals surface area contributed by atoms with Crippen molar-refractivity contribution in [2.45, 2.75) is 0 Å². The van der Waals surface area contributed by atoms with E-state index in [2.05, 4.69) is 14.7 Å². The number of hydrogen-bond acceptors (Lipinski definition) is 5. The summed E-state index contributed by atoms with van der Waals surface area (Å²) in [6, 6.07) is 0. The molecule has 0 unspecified atom stereocenters. The topological polar surface area (TPSA) is 61.3 Å². The summed E-state index contributed by atoms with van der Waals surface area (Å²) in [5.41, 5.74) is 0. The van der Waals surface area contributed by atoms with Crippen LogP contribution in [0.15, 0.2) is 0 Å². The van der Waals surface area contributed by atoms with Crippen LogP contribution in [0.2, 0.25) is 10.3 Å². The molecule has 7 heteroatoms. The van der Waals surface area contributed by atoms with Crippen molar-refractivity contribution in [1.82, 2.24) is 9.97 Å². The van der Waals surface area contributed by atoms with Crippen LogP contribution in [0.5, 0.6) is 5.75 Å². The Hall–Kier alpha value is -1.07. The third kappa shape index (κ3) is 2.05. The predicted octanol–water partition coefficient (Wildman–Crippen LogP) is 1.58. The van der Waals surface area contributed by atoms with E-state index in [4.69, 9.17) is 27.9 Å². The molecule has 1 rings (SSSR count). The number of carbonyl (C=O) groups is 1. The van der Waals surface area contributed by atoms with Crippen LogP contribution in [0, 0.1) is 0 Å². The molecule has 0 aliphatic carbocycles. The van der Waals surface area contributed by atoms with Crippen LogP contribution in [-0.4, -0.2) is 30.2 Å². The molecule has 1 aromatic rings. The molecule has 1 heterocycles. The normalized spacial score (nSPS) is 9.71. The molecule has 0 N–H and O–H groups in total. The maximum atomic E-state index is 11.0. The van der Waals surface area contributed by atoms with Gasteiger partial charge in [0.15, 0.2) is 16.1 Å². The van der Waals surface area contributed by atoms with E-state index in [1.165, 1.54) is 14.2 Å². The van der Waals surface area contributed by atoms with Gasteiger partial charge < -0.3 is 9.47 Å². The highest BCUT2D eigenvalue weighted by atomic mass is 35.5. The standard InChI is InChI=1S/C7H6Cl2N2O3/c1-13-3-4(8)10-6(7(12)14-2)11-5(3)9/h1-2H3. The van der Waals surface area contributed by atoms with Crippen molar-refractivity contribution in [3.8, 4) is 5.75 Å². The molecule has 76 valence electrons. The van der Waals surface area contributed by atoms with Gasteiger partial charge in [0.25, 0.3) is 0 Å². The van der Waals surface area contributed by atoms with Crippen LogP contribution >= 0.6 is 23.2 Å². The summed E-state index contributed by atoms with van der Waals surface area (Å²) in [4.78, 5) is 18.3. The Morgan fingerprint density at radius 3 is 2.07 bits per heavy atom. The van der Waals surface area contributed by atoms with E-state index in [1.54, 1.807) is 0 Å². The van der Waals surface area contributed by atoms with Gasteiger partial charge in [0, 0.05) is 0 Å². The van der Waals surface area contributed by atoms with E-state index < -0.39 is 5.97 Å². The number of carbonyl (C=O) groups excluding carboxylic acids is 1. The number of hydrogen-bond donors (Lipinski definition) is 0. The van der Waals surface area contributed by atoms with Crippen LogP contribution in [0.1, 0.15) is 10.6 Å². The van der Waals surface area contributed by atoms with Crippen molar-refractivity contribution in [3.05, 3.63) is 16.1 Å². The second-order valence-electron chi connectivity index (χ2n) is 2.15. The molecule has 0 radical (unpaired) electrons. The van der Waals surface area contributed by atoms with E-state index in [9.17, 15) is 4.79 Å². The van der Waals surface area contributed by atoms with Gasteiger partial charge in [-0.1, -0.05) is 23.2 Å². The average molecular weight is 237 g/mol. The van der Waals surface area contributed by atoms with Crippen LogP contribution in [0.4, 0.5) is 0 Å². The first-order valence-electron chi connectivity index (χ1n) is 3.45. The lowest BCUT2D eigenvalue weighted by Crippen LogP contribution is -2.08. The van der Waals surface area contributed by atoms with E-state index in [0.29, 0.717) is 0 Å². The van der Waals surface area contributed by atoms with Gasteiger partial charge in [-0.05, 0) is 0 Å². The Morgan fingerprint density at radius 1 is 1.21 bits per heavy atom. The molecule has 0 aliphatic rings. The van der Waals surface area contributed by atoms with Crippen LogP contribution in [-0.2, 0) is 4.74 Å². The maximum Gasteiger partial charge on any atom is 0.376 e. The number of methoxy groups -OCH3 is 2. The summed E-state index contributed by atoms with van der Waals surface area (Å²) in [5.74, 6) is -0.791. The largest absolute Gasteiger partial charge is 0.491 e. The number of rotatable bonds is 2. The first-order chi connectivity index (χ1) is 6.60. The van der Waals surface area contributed by atoms with Crippen LogP contribution in [0.3, 0.4) is 0 Å². The zero-order valence-electron chi connectivity index (χ0n) is 7.38. The summed E-state index contributed by atoms with van der Waals surface area (Å²) in [6.45, 7) is 0. The van der Waals surface area contributed by atoms with E-state index >= 15 is 0 Å². The SMILES string of the molecule is COC(=O)c1nc(Cl)c(OC)c(Cl)n1. The molecule has 0 aliphatic heterocycles. The molecule has 0 amide bonds. The lowest BCUT2D eigenvalue weighted by Gasteiger charge is -2.04. The Kier molecular flexibility index (Phi) is 3.49. The second-order valence-corrected chi connectivity index (χ2v) is 2.87. The van der Waals surface area contributed by atoms with Crippen molar-refractivity contribution in [2.75, 3.05) is 14.2 Å². The van der Waals surface area contributed by atoms with E-state index in [1.807, 2.05) is 0 Å². The minimum atomic E-state index is -0.712. The summed E-state index contributed by atoms with van der Waals surface area (Å²) >= 11 is 11.3. The Balaban J connectivity index is 3.20. The van der Waals surface area contributed by atoms with Gasteiger partial charge in [0.05, 0.1) is 14.2 Å². The Bertz CT molecular complexity index is 347. The van der Waals surface area contributed by atoms with Gasteiger partial charge in [0.2, 0.25) is 5.82 Å². The van der Waals surface area contributed by atoms with Crippen molar-refractivity contribution >= 4 is 29.2 Å². The summed E-state index contributed by atoms with van der Waals surface area (Å²) in [6.07, 6.45) is 0. The van der Waals surface area contributed by atoms with Crippen molar-refractivity contribution < 1.29 is 14.3 Å². The maximum absolute atomic E-state index is 11.0. The monoisotopic (exact) mass is 236 g/mol. The fourth-order valence-electron chi connectivity index (χ4n) is 0.749. The average Bonchev–Trinajstić information content (AvgIpc) is 2.16. The van der Waals surface area contributed by atoms with Crippen LogP contribution < -0.4 is 4.74 Å². The first kappa shape index (κ1) is 11.0. The van der Waals surface area contributed by atoms with Gasteiger partial charge in [-0.3, -0.25) is 0 Å². The zero-order valence-corrected chi connectivity index (χ0v) is 8.89. The lowest BCUT2D eigenvalue weighted by atomic mass is 10.5. The highest BCUT2D eigenvalue weighted by molar-refractivity contribution is 6.35. The quantitative estimate of drug-likeness (QED) is 0.577. The molecule has 14 heavy (non-hydrogen) atoms. The Morgan fingerprint density at radius 2 is 1.71 bits per heavy atom. The van der Waals surface area contributed by atoms with Crippen LogP contribution in [0.25, 0.3) is 0 Å². The fourth-order valence-corrected chi connectivity index (χ4v) is 1.29. The van der Waals surface area contributed by atoms with Crippen molar-refractivity contribution in [3.63, 3.8) is 0 Å². The highest BCUT2D eigenvalue weighted by Crippen LogP contribution is 2.28. The first-order valence-corrected chi connectivity index (χ1v) is 4.21. The van der Waals surface area contributed by atoms with Crippen molar-refractivity contribution in [2.24, 2.45) is 0 Å². The van der Waals surface area contributed by atoms with Gasteiger partial charge in [-0.15, -0.1) is 0 Å². The third-order valence-electron chi connectivity index (χ3n) is 1.35. The molecule has 0 fully saturated rings. The molecule has 1 aromatic heterocycles. The van der Waals surface area contributed by atoms with Gasteiger partial charge in [0.1, 0.15) is 0 Å². The Labute approximate surface area is 90.0 Å². The number of esters is 1. The zero-order chi connectivity index (χ0) is 10.7. The second kappa shape index (κ2) is 4.43. The predicted molar refractivity (Wildman–Crippen MR) is 49.9 cm³/mol. The number of halogens is 2. The minimum Gasteiger partial charge on any atom is -0.491 e. The number of aromatic nitrogens is 2. The molecular formula is C7H6Cl2N2O3. The third-order valence-corrected chi connectivity index (χ3v) is 1.87. The smallest absolute Gasteiger partial charge is 0.376 e. The molecule has 0 saturated heterocycles. The summed E-state index contributed by atoms with van der Waals surface area (Å²) in [5, 5.41) is -0.0687. The highest BCUT2D eigenvalue weighted by Gasteiger charge is 2.16. The summed E-state index contributed by atoms with van der Waals surface area (Å²) < 4.78 is 9.20. The summed E-state index contributed by atoms with van der Waals surface area (Å²) in [7, 11) is 2.58. The minimum absolute atomic E-state index is 0.0344. The fraction of sp³-hybridized carbons (Fsp3) is 0.286. The molecule has 0 aromatic carbocycles. The molecule has 0 bridgehead atoms.